The van der Waals surface area contributed by atoms with E-state index in [9.17, 15) is 13.2 Å². The van der Waals surface area contributed by atoms with E-state index in [0.29, 0.717) is 36.0 Å². The Labute approximate surface area is 158 Å². The van der Waals surface area contributed by atoms with Crippen LogP contribution in [0.25, 0.3) is 5.65 Å². The van der Waals surface area contributed by atoms with Gasteiger partial charge in [0.05, 0.1) is 0 Å². The summed E-state index contributed by atoms with van der Waals surface area (Å²) >= 11 is 0. The molecule has 28 heavy (non-hydrogen) atoms. The molecule has 0 bridgehead atoms. The summed E-state index contributed by atoms with van der Waals surface area (Å²) in [6, 6.07) is 5.59. The minimum Gasteiger partial charge on any atom is -0.454 e. The molecule has 0 saturated carbocycles. The van der Waals surface area contributed by atoms with Crippen LogP contribution in [0.5, 0.6) is 11.5 Å². The van der Waals surface area contributed by atoms with Gasteiger partial charge in [0.25, 0.3) is 5.82 Å². The van der Waals surface area contributed by atoms with Gasteiger partial charge >= 0.3 is 6.18 Å². The number of anilines is 1. The smallest absolute Gasteiger partial charge is 0.453 e. The Kier molecular flexibility index (Phi) is 4.28. The molecule has 0 aliphatic carbocycles. The van der Waals surface area contributed by atoms with Gasteiger partial charge < -0.3 is 14.4 Å². The third kappa shape index (κ3) is 2.98. The predicted octanol–water partition coefficient (Wildman–Crippen LogP) is 3.52. The van der Waals surface area contributed by atoms with Gasteiger partial charge in [0.15, 0.2) is 23.0 Å². The molecule has 3 aromatic rings. The van der Waals surface area contributed by atoms with E-state index in [0.717, 1.165) is 15.6 Å². The van der Waals surface area contributed by atoms with Crippen LogP contribution in [0.3, 0.4) is 0 Å². The van der Waals surface area contributed by atoms with E-state index in [1.54, 1.807) is 6.92 Å². The fourth-order valence-electron chi connectivity index (χ4n) is 3.19. The molecule has 0 N–H and O–H groups in total. The van der Waals surface area contributed by atoms with Crippen molar-refractivity contribution >= 4 is 11.5 Å². The zero-order chi connectivity index (χ0) is 20.1. The first kappa shape index (κ1) is 18.3. The third-order valence-corrected chi connectivity index (χ3v) is 4.81. The van der Waals surface area contributed by atoms with Crippen LogP contribution in [-0.4, -0.2) is 33.1 Å². The highest BCUT2D eigenvalue weighted by Crippen LogP contribution is 2.34. The number of rotatable bonds is 4. The number of hydrogen-bond acceptors (Lipinski definition) is 6. The van der Waals surface area contributed by atoms with Crippen molar-refractivity contribution in [3.05, 3.63) is 40.7 Å². The van der Waals surface area contributed by atoms with Gasteiger partial charge in [-0.2, -0.15) is 17.7 Å². The van der Waals surface area contributed by atoms with Gasteiger partial charge in [-0.1, -0.05) is 6.07 Å². The lowest BCUT2D eigenvalue weighted by atomic mass is 10.1. The summed E-state index contributed by atoms with van der Waals surface area (Å²) in [5.41, 5.74) is 2.41. The molecule has 3 heterocycles. The zero-order valence-electron chi connectivity index (χ0n) is 15.5. The topological polar surface area (TPSA) is 64.8 Å². The largest absolute Gasteiger partial charge is 0.454 e. The van der Waals surface area contributed by atoms with Crippen LogP contribution < -0.4 is 14.4 Å². The van der Waals surface area contributed by atoms with Gasteiger partial charge in [-0.25, -0.2) is 0 Å². The van der Waals surface area contributed by atoms with Crippen LogP contribution in [0.4, 0.5) is 19.0 Å². The van der Waals surface area contributed by atoms with Crippen LogP contribution in [0.15, 0.2) is 18.2 Å². The standard InChI is InChI=1S/C18H18F3N5O2/c1-4-25(8-12-5-6-13-14(7-12)28-9-27-13)16-11(3)10(2)15-22-23-17(18(19,20)21)26(15)24-16/h5-7H,4,8-9H2,1-3H3. The van der Waals surface area contributed by atoms with Crippen LogP contribution in [0.1, 0.15) is 29.4 Å². The third-order valence-electron chi connectivity index (χ3n) is 4.81. The molecule has 0 amide bonds. The summed E-state index contributed by atoms with van der Waals surface area (Å²) in [4.78, 5) is 1.90. The maximum Gasteiger partial charge on any atom is 0.453 e. The van der Waals surface area contributed by atoms with Crippen LogP contribution >= 0.6 is 0 Å². The minimum atomic E-state index is -4.64. The molecule has 7 nitrogen and oxygen atoms in total. The van der Waals surface area contributed by atoms with E-state index in [2.05, 4.69) is 15.3 Å². The number of fused-ring (bicyclic) bond motifs is 2. The Morgan fingerprint density at radius 3 is 2.57 bits per heavy atom. The lowest BCUT2D eigenvalue weighted by Crippen LogP contribution is -2.26. The molecule has 0 atom stereocenters. The molecule has 0 saturated heterocycles. The average Bonchev–Trinajstić information content (AvgIpc) is 3.28. The van der Waals surface area contributed by atoms with Gasteiger partial charge in [0, 0.05) is 24.2 Å². The normalized spacial score (nSPS) is 13.4. The predicted molar refractivity (Wildman–Crippen MR) is 94.5 cm³/mol. The van der Waals surface area contributed by atoms with E-state index in [4.69, 9.17) is 9.47 Å². The van der Waals surface area contributed by atoms with Crippen molar-refractivity contribution in [1.29, 1.82) is 0 Å². The number of benzene rings is 1. The number of alkyl halides is 3. The maximum absolute atomic E-state index is 13.3. The van der Waals surface area contributed by atoms with E-state index >= 15 is 0 Å². The maximum atomic E-state index is 13.3. The van der Waals surface area contributed by atoms with Crippen LogP contribution in [0.2, 0.25) is 0 Å². The molecular formula is C18H18F3N5O2. The summed E-state index contributed by atoms with van der Waals surface area (Å²) < 4.78 is 51.3. The van der Waals surface area contributed by atoms with Crippen LogP contribution in [-0.2, 0) is 12.7 Å². The van der Waals surface area contributed by atoms with Crippen molar-refractivity contribution in [3.63, 3.8) is 0 Å². The van der Waals surface area contributed by atoms with E-state index < -0.39 is 12.0 Å². The molecule has 1 aliphatic rings. The monoisotopic (exact) mass is 393 g/mol. The van der Waals surface area contributed by atoms with Crippen molar-refractivity contribution in [3.8, 4) is 11.5 Å². The average molecular weight is 393 g/mol. The first-order valence-corrected chi connectivity index (χ1v) is 8.73. The Morgan fingerprint density at radius 1 is 1.11 bits per heavy atom. The van der Waals surface area contributed by atoms with Gasteiger partial charge in [0.1, 0.15) is 0 Å². The lowest BCUT2D eigenvalue weighted by molar-refractivity contribution is -0.146. The Hall–Kier alpha value is -3.04. The summed E-state index contributed by atoms with van der Waals surface area (Å²) in [6.45, 7) is 6.65. The summed E-state index contributed by atoms with van der Waals surface area (Å²) in [5.74, 6) is 0.655. The van der Waals surface area contributed by atoms with Crippen LogP contribution in [0, 0.1) is 13.8 Å². The number of aromatic nitrogens is 4. The van der Waals surface area contributed by atoms with Gasteiger partial charge in [-0.3, -0.25) is 0 Å². The number of nitrogens with zero attached hydrogens (tertiary/aromatic N) is 5. The van der Waals surface area contributed by atoms with Crippen molar-refractivity contribution in [2.75, 3.05) is 18.2 Å². The zero-order valence-corrected chi connectivity index (χ0v) is 15.5. The van der Waals surface area contributed by atoms with Crippen molar-refractivity contribution < 1.29 is 22.6 Å². The summed E-state index contributed by atoms with van der Waals surface area (Å²) in [6.07, 6.45) is -4.64. The first-order valence-electron chi connectivity index (χ1n) is 8.73. The van der Waals surface area contributed by atoms with Gasteiger partial charge in [-0.05, 0) is 38.5 Å². The molecular weight excluding hydrogens is 375 g/mol. The molecule has 10 heteroatoms. The SMILES string of the molecule is CCN(Cc1ccc2c(c1)OCO2)c1nn2c(C(F)(F)F)nnc2c(C)c1C. The highest BCUT2D eigenvalue weighted by atomic mass is 19.4. The molecule has 0 radical (unpaired) electrons. The first-order chi connectivity index (χ1) is 13.3. The Bertz CT molecular complexity index is 1050. The van der Waals surface area contributed by atoms with Gasteiger partial charge in [0.2, 0.25) is 6.79 Å². The van der Waals surface area contributed by atoms with Gasteiger partial charge in [-0.15, -0.1) is 15.3 Å². The fourth-order valence-corrected chi connectivity index (χ4v) is 3.19. The number of halogens is 3. The fraction of sp³-hybridized carbons (Fsp3) is 0.389. The second-order valence-corrected chi connectivity index (χ2v) is 6.53. The molecule has 148 valence electrons. The number of aryl methyl sites for hydroxylation is 1. The molecule has 1 aromatic carbocycles. The molecule has 0 spiro atoms. The van der Waals surface area contributed by atoms with Crippen molar-refractivity contribution in [2.24, 2.45) is 0 Å². The highest BCUT2D eigenvalue weighted by molar-refractivity contribution is 5.59. The number of ether oxygens (including phenoxy) is 2. The molecule has 1 aliphatic heterocycles. The summed E-state index contributed by atoms with van der Waals surface area (Å²) in [7, 11) is 0. The molecule has 4 rings (SSSR count). The van der Waals surface area contributed by atoms with Crippen molar-refractivity contribution in [1.82, 2.24) is 19.8 Å². The Morgan fingerprint density at radius 2 is 1.86 bits per heavy atom. The second kappa shape index (κ2) is 6.54. The lowest BCUT2D eigenvalue weighted by Gasteiger charge is -2.25. The molecule has 2 aromatic heterocycles. The van der Waals surface area contributed by atoms with E-state index in [1.807, 2.05) is 36.9 Å². The van der Waals surface area contributed by atoms with E-state index in [-0.39, 0.29) is 12.4 Å². The van der Waals surface area contributed by atoms with E-state index in [1.165, 1.54) is 0 Å². The summed E-state index contributed by atoms with van der Waals surface area (Å²) in [5, 5.41) is 11.2. The second-order valence-electron chi connectivity index (χ2n) is 6.53. The van der Waals surface area contributed by atoms with Crippen molar-refractivity contribution in [2.45, 2.75) is 33.5 Å². The number of hydrogen-bond donors (Lipinski definition) is 0. The molecule has 0 fully saturated rings. The highest BCUT2D eigenvalue weighted by Gasteiger charge is 2.38. The Balaban J connectivity index is 1.76. The quantitative estimate of drug-likeness (QED) is 0.676. The molecule has 0 unspecified atom stereocenters. The minimum absolute atomic E-state index is 0.104.